The van der Waals surface area contributed by atoms with Crippen LogP contribution in [0.5, 0.6) is 5.75 Å². The Hall–Kier alpha value is -3.22. The third-order valence-corrected chi connectivity index (χ3v) is 5.26. The van der Waals surface area contributed by atoms with E-state index in [2.05, 4.69) is 20.9 Å². The molecule has 31 heavy (non-hydrogen) atoms. The zero-order chi connectivity index (χ0) is 22.2. The molecule has 7 heteroatoms. The normalized spacial score (nSPS) is 13.2. The van der Waals surface area contributed by atoms with Crippen LogP contribution in [-0.2, 0) is 6.54 Å². The van der Waals surface area contributed by atoms with Crippen molar-refractivity contribution in [3.63, 3.8) is 0 Å². The van der Waals surface area contributed by atoms with Crippen molar-refractivity contribution in [2.75, 3.05) is 37.0 Å². The highest BCUT2D eigenvalue weighted by atomic mass is 16.5. The number of carbonyl (C=O) groups excluding carboxylic acids is 2. The highest BCUT2D eigenvalue weighted by Crippen LogP contribution is 2.30. The minimum atomic E-state index is -0.263. The van der Waals surface area contributed by atoms with Crippen molar-refractivity contribution >= 4 is 23.3 Å². The number of urea groups is 1. The number of anilines is 2. The summed E-state index contributed by atoms with van der Waals surface area (Å²) in [6, 6.07) is 12.8. The summed E-state index contributed by atoms with van der Waals surface area (Å²) in [5, 5.41) is 8.75. The minimum absolute atomic E-state index is 0.204. The lowest BCUT2D eigenvalue weighted by atomic mass is 10.1. The molecule has 1 fully saturated rings. The van der Waals surface area contributed by atoms with Crippen molar-refractivity contribution in [1.29, 1.82) is 0 Å². The summed E-state index contributed by atoms with van der Waals surface area (Å²) in [7, 11) is 1.61. The predicted octanol–water partition coefficient (Wildman–Crippen LogP) is 4.00. The van der Waals surface area contributed by atoms with Crippen LogP contribution in [-0.4, -0.2) is 38.7 Å². The standard InChI is InChI=1S/C24H32N4O3/c1-17(2)15-26-24(30)27-20-14-18(10-11-21(20)28-12-6-7-13-28)23(29)25-16-19-8-4-5-9-22(19)31-3/h4-5,8-11,14,17H,6-7,12-13,15-16H2,1-3H3,(H,25,29)(H2,26,27,30). The quantitative estimate of drug-likeness (QED) is 0.598. The molecule has 0 saturated carbocycles. The number of amides is 3. The highest BCUT2D eigenvalue weighted by Gasteiger charge is 2.19. The molecule has 3 N–H and O–H groups in total. The second-order valence-electron chi connectivity index (χ2n) is 8.15. The van der Waals surface area contributed by atoms with Crippen LogP contribution in [0, 0.1) is 5.92 Å². The molecule has 0 unspecified atom stereocenters. The Morgan fingerprint density at radius 2 is 1.81 bits per heavy atom. The van der Waals surface area contributed by atoms with Gasteiger partial charge in [-0.1, -0.05) is 32.0 Å². The predicted molar refractivity (Wildman–Crippen MR) is 124 cm³/mol. The van der Waals surface area contributed by atoms with E-state index in [-0.39, 0.29) is 11.9 Å². The molecule has 0 atom stereocenters. The maximum atomic E-state index is 12.8. The van der Waals surface area contributed by atoms with Gasteiger partial charge < -0.3 is 25.6 Å². The molecule has 166 valence electrons. The van der Waals surface area contributed by atoms with Gasteiger partial charge in [-0.15, -0.1) is 0 Å². The molecule has 7 nitrogen and oxygen atoms in total. The van der Waals surface area contributed by atoms with Crippen molar-refractivity contribution < 1.29 is 14.3 Å². The van der Waals surface area contributed by atoms with Crippen molar-refractivity contribution in [2.45, 2.75) is 33.2 Å². The van der Waals surface area contributed by atoms with E-state index in [9.17, 15) is 9.59 Å². The molecule has 2 aromatic carbocycles. The Labute approximate surface area is 184 Å². The number of carbonyl (C=O) groups is 2. The van der Waals surface area contributed by atoms with Gasteiger partial charge >= 0.3 is 6.03 Å². The van der Waals surface area contributed by atoms with Gasteiger partial charge in [0.1, 0.15) is 5.75 Å². The first-order valence-corrected chi connectivity index (χ1v) is 10.8. The molecule has 1 aliphatic heterocycles. The summed E-state index contributed by atoms with van der Waals surface area (Å²) in [5.41, 5.74) is 2.99. The lowest BCUT2D eigenvalue weighted by Crippen LogP contribution is -2.32. The molecular formula is C24H32N4O3. The number of ether oxygens (including phenoxy) is 1. The van der Waals surface area contributed by atoms with Crippen LogP contribution < -0.4 is 25.6 Å². The molecule has 1 saturated heterocycles. The average molecular weight is 425 g/mol. The van der Waals surface area contributed by atoms with Crippen LogP contribution >= 0.6 is 0 Å². The Morgan fingerprint density at radius 3 is 2.52 bits per heavy atom. The van der Waals surface area contributed by atoms with E-state index < -0.39 is 0 Å². The number of nitrogens with zero attached hydrogens (tertiary/aromatic N) is 1. The fraction of sp³-hybridized carbons (Fsp3) is 0.417. The summed E-state index contributed by atoms with van der Waals surface area (Å²) in [6.45, 7) is 6.92. The summed E-state index contributed by atoms with van der Waals surface area (Å²) < 4.78 is 5.35. The van der Waals surface area contributed by atoms with Crippen molar-refractivity contribution in [3.05, 3.63) is 53.6 Å². The summed E-state index contributed by atoms with van der Waals surface area (Å²) >= 11 is 0. The lowest BCUT2D eigenvalue weighted by molar-refractivity contribution is 0.0950. The number of nitrogens with one attached hydrogen (secondary N) is 3. The smallest absolute Gasteiger partial charge is 0.319 e. The van der Waals surface area contributed by atoms with Gasteiger partial charge in [0.15, 0.2) is 0 Å². The van der Waals surface area contributed by atoms with Crippen LogP contribution in [0.1, 0.15) is 42.6 Å². The Balaban J connectivity index is 1.75. The van der Waals surface area contributed by atoms with E-state index in [4.69, 9.17) is 4.74 Å². The number of rotatable bonds is 8. The SMILES string of the molecule is COc1ccccc1CNC(=O)c1ccc(N2CCCC2)c(NC(=O)NCC(C)C)c1. The van der Waals surface area contributed by atoms with Crippen molar-refractivity contribution in [3.8, 4) is 5.75 Å². The van der Waals surface area contributed by atoms with E-state index in [1.807, 2.05) is 50.2 Å². The zero-order valence-corrected chi connectivity index (χ0v) is 18.5. The zero-order valence-electron chi connectivity index (χ0n) is 18.5. The van der Waals surface area contributed by atoms with Gasteiger partial charge in [0.2, 0.25) is 0 Å². The van der Waals surface area contributed by atoms with Gasteiger partial charge in [0, 0.05) is 37.3 Å². The molecule has 1 aliphatic rings. The molecule has 1 heterocycles. The lowest BCUT2D eigenvalue weighted by Gasteiger charge is -2.22. The van der Waals surface area contributed by atoms with E-state index in [0.717, 1.165) is 42.9 Å². The molecule has 0 bridgehead atoms. The number of benzene rings is 2. The average Bonchev–Trinajstić information content (AvgIpc) is 3.31. The second kappa shape index (κ2) is 10.7. The number of methoxy groups -OCH3 is 1. The number of para-hydroxylation sites is 1. The summed E-state index contributed by atoms with van der Waals surface area (Å²) in [4.78, 5) is 27.4. The van der Waals surface area contributed by atoms with Crippen molar-refractivity contribution in [2.24, 2.45) is 5.92 Å². The molecule has 0 spiro atoms. The van der Waals surface area contributed by atoms with Gasteiger partial charge in [0.25, 0.3) is 5.91 Å². The minimum Gasteiger partial charge on any atom is -0.496 e. The first kappa shape index (κ1) is 22.5. The molecule has 2 aromatic rings. The maximum absolute atomic E-state index is 12.8. The molecule has 0 aromatic heterocycles. The summed E-state index contributed by atoms with van der Waals surface area (Å²) in [5.74, 6) is 0.886. The summed E-state index contributed by atoms with van der Waals surface area (Å²) in [6.07, 6.45) is 2.25. The molecule has 0 radical (unpaired) electrons. The first-order valence-electron chi connectivity index (χ1n) is 10.8. The van der Waals surface area contributed by atoms with E-state index in [1.54, 1.807) is 13.2 Å². The number of hydrogen-bond donors (Lipinski definition) is 3. The fourth-order valence-corrected chi connectivity index (χ4v) is 3.60. The first-order chi connectivity index (χ1) is 15.0. The van der Waals surface area contributed by atoms with Crippen LogP contribution in [0.2, 0.25) is 0 Å². The Bertz CT molecular complexity index is 907. The van der Waals surface area contributed by atoms with Crippen LogP contribution in [0.4, 0.5) is 16.2 Å². The second-order valence-corrected chi connectivity index (χ2v) is 8.15. The van der Waals surface area contributed by atoms with Crippen LogP contribution in [0.3, 0.4) is 0 Å². The third kappa shape index (κ3) is 6.13. The molecule has 0 aliphatic carbocycles. The molecular weight excluding hydrogens is 392 g/mol. The van der Waals surface area contributed by atoms with Crippen LogP contribution in [0.15, 0.2) is 42.5 Å². The number of hydrogen-bond acceptors (Lipinski definition) is 4. The Kier molecular flexibility index (Phi) is 7.76. The highest BCUT2D eigenvalue weighted by molar-refractivity contribution is 5.99. The largest absolute Gasteiger partial charge is 0.496 e. The van der Waals surface area contributed by atoms with E-state index in [0.29, 0.717) is 30.3 Å². The molecule has 3 amide bonds. The third-order valence-electron chi connectivity index (χ3n) is 5.26. The topological polar surface area (TPSA) is 82.7 Å². The van der Waals surface area contributed by atoms with Gasteiger partial charge in [-0.2, -0.15) is 0 Å². The van der Waals surface area contributed by atoms with E-state index >= 15 is 0 Å². The van der Waals surface area contributed by atoms with Crippen LogP contribution in [0.25, 0.3) is 0 Å². The van der Waals surface area contributed by atoms with Gasteiger partial charge in [-0.3, -0.25) is 4.79 Å². The Morgan fingerprint density at radius 1 is 1.06 bits per heavy atom. The monoisotopic (exact) mass is 424 g/mol. The van der Waals surface area contributed by atoms with Gasteiger partial charge in [0.05, 0.1) is 18.5 Å². The van der Waals surface area contributed by atoms with Gasteiger partial charge in [-0.05, 0) is 43.0 Å². The van der Waals surface area contributed by atoms with E-state index in [1.165, 1.54) is 0 Å². The fourth-order valence-electron chi connectivity index (χ4n) is 3.60. The van der Waals surface area contributed by atoms with Gasteiger partial charge in [-0.25, -0.2) is 4.79 Å². The molecule has 3 rings (SSSR count). The van der Waals surface area contributed by atoms with Crippen molar-refractivity contribution in [1.82, 2.24) is 10.6 Å². The maximum Gasteiger partial charge on any atom is 0.319 e.